The van der Waals surface area contributed by atoms with Crippen LogP contribution in [0.1, 0.15) is 61.3 Å². The maximum absolute atomic E-state index is 12.6. The lowest BCUT2D eigenvalue weighted by Crippen LogP contribution is -2.35. The molecule has 1 aliphatic rings. The molecular weight excluding hydrogens is 324 g/mol. The van der Waals surface area contributed by atoms with Crippen molar-refractivity contribution >= 4 is 17.3 Å². The van der Waals surface area contributed by atoms with Crippen molar-refractivity contribution in [3.63, 3.8) is 0 Å². The summed E-state index contributed by atoms with van der Waals surface area (Å²) in [5.74, 6) is -0.242. The van der Waals surface area contributed by atoms with Crippen LogP contribution in [0.2, 0.25) is 0 Å². The van der Waals surface area contributed by atoms with E-state index in [9.17, 15) is 10.1 Å². The summed E-state index contributed by atoms with van der Waals surface area (Å²) in [6.07, 6.45) is 3.47. The number of benzene rings is 1. The van der Waals surface area contributed by atoms with E-state index in [-0.39, 0.29) is 11.3 Å². The molecule has 0 saturated carbocycles. The number of rotatable bonds is 3. The van der Waals surface area contributed by atoms with Crippen LogP contribution in [0.25, 0.3) is 0 Å². The van der Waals surface area contributed by atoms with Gasteiger partial charge in [-0.1, -0.05) is 26.8 Å². The van der Waals surface area contributed by atoms with E-state index in [1.165, 1.54) is 0 Å². The average molecular weight is 348 g/mol. The standard InChI is InChI=1S/C21H24N4O/c1-5-14-6-7-15(8-16(14)11-22)20(26)25-17-9-18-19(23-12-17)21(3,4)10-13(2)24-18/h6-9,12-13,24H,5,10H2,1-4H3,(H,25,26). The van der Waals surface area contributed by atoms with Crippen molar-refractivity contribution in [2.75, 3.05) is 10.6 Å². The van der Waals surface area contributed by atoms with Crippen LogP contribution in [0, 0.1) is 11.3 Å². The number of nitriles is 1. The highest BCUT2D eigenvalue weighted by Crippen LogP contribution is 2.38. The highest BCUT2D eigenvalue weighted by atomic mass is 16.1. The summed E-state index contributed by atoms with van der Waals surface area (Å²) >= 11 is 0. The van der Waals surface area contributed by atoms with Gasteiger partial charge in [0.2, 0.25) is 0 Å². The van der Waals surface area contributed by atoms with Gasteiger partial charge >= 0.3 is 0 Å². The number of amides is 1. The molecule has 5 nitrogen and oxygen atoms in total. The fraction of sp³-hybridized carbons (Fsp3) is 0.381. The van der Waals surface area contributed by atoms with Crippen LogP contribution in [-0.2, 0) is 11.8 Å². The molecule has 26 heavy (non-hydrogen) atoms. The maximum atomic E-state index is 12.6. The molecule has 1 aromatic carbocycles. The number of anilines is 2. The fourth-order valence-electron chi connectivity index (χ4n) is 3.69. The molecule has 2 N–H and O–H groups in total. The Kier molecular flexibility index (Phi) is 4.69. The maximum Gasteiger partial charge on any atom is 0.255 e. The van der Waals surface area contributed by atoms with Crippen molar-refractivity contribution in [2.24, 2.45) is 0 Å². The Hall–Kier alpha value is -2.87. The summed E-state index contributed by atoms with van der Waals surface area (Å²) in [4.78, 5) is 17.2. The molecule has 1 atom stereocenters. The summed E-state index contributed by atoms with van der Waals surface area (Å²) in [5.41, 5.74) is 4.58. The highest BCUT2D eigenvalue weighted by Gasteiger charge is 2.32. The molecule has 1 aromatic heterocycles. The molecular formula is C21H24N4O. The Labute approximate surface area is 154 Å². The number of hydrogen-bond donors (Lipinski definition) is 2. The van der Waals surface area contributed by atoms with Gasteiger partial charge in [0.25, 0.3) is 5.91 Å². The Balaban J connectivity index is 1.85. The van der Waals surface area contributed by atoms with Crippen molar-refractivity contribution in [1.29, 1.82) is 5.26 Å². The Morgan fingerprint density at radius 1 is 1.42 bits per heavy atom. The third-order valence-corrected chi connectivity index (χ3v) is 4.88. The topological polar surface area (TPSA) is 77.8 Å². The molecule has 0 fully saturated rings. The minimum atomic E-state index is -0.242. The number of fused-ring (bicyclic) bond motifs is 1. The molecule has 1 aliphatic heterocycles. The van der Waals surface area contributed by atoms with Gasteiger partial charge in [0.15, 0.2) is 0 Å². The van der Waals surface area contributed by atoms with Gasteiger partial charge < -0.3 is 10.6 Å². The molecule has 0 aliphatic carbocycles. The normalized spacial score (nSPS) is 17.6. The van der Waals surface area contributed by atoms with Crippen LogP contribution in [0.5, 0.6) is 0 Å². The Bertz CT molecular complexity index is 895. The monoisotopic (exact) mass is 348 g/mol. The Morgan fingerprint density at radius 2 is 2.19 bits per heavy atom. The number of carbonyl (C=O) groups is 1. The van der Waals surface area contributed by atoms with Crippen molar-refractivity contribution in [1.82, 2.24) is 4.98 Å². The summed E-state index contributed by atoms with van der Waals surface area (Å²) in [6.45, 7) is 8.51. The average Bonchev–Trinajstić information content (AvgIpc) is 2.59. The molecule has 3 rings (SSSR count). The lowest BCUT2D eigenvalue weighted by atomic mass is 9.79. The van der Waals surface area contributed by atoms with Gasteiger partial charge in [0.1, 0.15) is 0 Å². The molecule has 0 spiro atoms. The van der Waals surface area contributed by atoms with Gasteiger partial charge in [-0.2, -0.15) is 5.26 Å². The number of hydrogen-bond acceptors (Lipinski definition) is 4. The second kappa shape index (κ2) is 6.80. The first-order chi connectivity index (χ1) is 12.3. The van der Waals surface area contributed by atoms with Gasteiger partial charge in [0.05, 0.1) is 34.9 Å². The van der Waals surface area contributed by atoms with E-state index in [1.54, 1.807) is 18.3 Å². The first-order valence-corrected chi connectivity index (χ1v) is 8.95. The van der Waals surface area contributed by atoms with E-state index < -0.39 is 0 Å². The van der Waals surface area contributed by atoms with Crippen LogP contribution in [-0.4, -0.2) is 16.9 Å². The predicted octanol–water partition coefficient (Wildman–Crippen LogP) is 4.25. The van der Waals surface area contributed by atoms with E-state index in [0.717, 1.165) is 29.8 Å². The quantitative estimate of drug-likeness (QED) is 0.869. The minimum Gasteiger partial charge on any atom is -0.381 e. The third-order valence-electron chi connectivity index (χ3n) is 4.88. The van der Waals surface area contributed by atoms with Crippen molar-refractivity contribution < 1.29 is 4.79 Å². The zero-order valence-corrected chi connectivity index (χ0v) is 15.7. The molecule has 0 radical (unpaired) electrons. The lowest BCUT2D eigenvalue weighted by Gasteiger charge is -2.36. The van der Waals surface area contributed by atoms with Crippen LogP contribution in [0.4, 0.5) is 11.4 Å². The Morgan fingerprint density at radius 3 is 2.88 bits per heavy atom. The lowest BCUT2D eigenvalue weighted by molar-refractivity contribution is 0.102. The molecule has 134 valence electrons. The fourth-order valence-corrected chi connectivity index (χ4v) is 3.69. The molecule has 1 unspecified atom stereocenters. The number of pyridine rings is 1. The summed E-state index contributed by atoms with van der Waals surface area (Å²) in [6, 6.07) is 9.68. The number of nitrogens with one attached hydrogen (secondary N) is 2. The third kappa shape index (κ3) is 3.41. The number of carbonyl (C=O) groups excluding carboxylic acids is 1. The van der Waals surface area contributed by atoms with Crippen molar-refractivity contribution in [3.05, 3.63) is 52.8 Å². The molecule has 0 saturated heterocycles. The minimum absolute atomic E-state index is 0.000217. The van der Waals surface area contributed by atoms with E-state index in [0.29, 0.717) is 22.9 Å². The van der Waals surface area contributed by atoms with Crippen LogP contribution in [0.3, 0.4) is 0 Å². The smallest absolute Gasteiger partial charge is 0.255 e. The van der Waals surface area contributed by atoms with Gasteiger partial charge in [0, 0.05) is 17.0 Å². The van der Waals surface area contributed by atoms with Gasteiger partial charge in [-0.15, -0.1) is 0 Å². The SMILES string of the molecule is CCc1ccc(C(=O)Nc2cnc3c(c2)NC(C)CC3(C)C)cc1C#N. The zero-order valence-electron chi connectivity index (χ0n) is 15.7. The number of aromatic nitrogens is 1. The largest absolute Gasteiger partial charge is 0.381 e. The second-order valence-electron chi connectivity index (χ2n) is 7.54. The van der Waals surface area contributed by atoms with Gasteiger partial charge in [-0.25, -0.2) is 0 Å². The highest BCUT2D eigenvalue weighted by molar-refractivity contribution is 6.04. The van der Waals surface area contributed by atoms with Gasteiger partial charge in [-0.05, 0) is 43.5 Å². The first-order valence-electron chi connectivity index (χ1n) is 8.95. The zero-order chi connectivity index (χ0) is 18.9. The first kappa shape index (κ1) is 17.9. The van der Waals surface area contributed by atoms with E-state index >= 15 is 0 Å². The van der Waals surface area contributed by atoms with Crippen LogP contribution < -0.4 is 10.6 Å². The summed E-state index contributed by atoms with van der Waals surface area (Å²) < 4.78 is 0. The second-order valence-corrected chi connectivity index (χ2v) is 7.54. The van der Waals surface area contributed by atoms with E-state index in [2.05, 4.69) is 42.5 Å². The van der Waals surface area contributed by atoms with Crippen molar-refractivity contribution in [2.45, 2.75) is 52.0 Å². The van der Waals surface area contributed by atoms with E-state index in [4.69, 9.17) is 0 Å². The summed E-state index contributed by atoms with van der Waals surface area (Å²) in [7, 11) is 0. The molecule has 1 amide bonds. The molecule has 2 aromatic rings. The molecule has 0 bridgehead atoms. The number of aryl methyl sites for hydroxylation is 1. The van der Waals surface area contributed by atoms with Crippen LogP contribution in [0.15, 0.2) is 30.5 Å². The van der Waals surface area contributed by atoms with Crippen molar-refractivity contribution in [3.8, 4) is 6.07 Å². The molecule has 5 heteroatoms. The van der Waals surface area contributed by atoms with Gasteiger partial charge in [-0.3, -0.25) is 9.78 Å². The predicted molar refractivity (Wildman–Crippen MR) is 103 cm³/mol. The van der Waals surface area contributed by atoms with Crippen LogP contribution >= 0.6 is 0 Å². The summed E-state index contributed by atoms with van der Waals surface area (Å²) in [5, 5.41) is 15.6. The molecule has 2 heterocycles. The van der Waals surface area contributed by atoms with E-state index in [1.807, 2.05) is 19.1 Å². The number of nitrogens with zero attached hydrogens (tertiary/aromatic N) is 2.